The summed E-state index contributed by atoms with van der Waals surface area (Å²) in [5.41, 5.74) is 0.239. The molecule has 0 aromatic heterocycles. The molecule has 0 saturated carbocycles. The van der Waals surface area contributed by atoms with Gasteiger partial charge in [0.15, 0.2) is 0 Å². The lowest BCUT2D eigenvalue weighted by Gasteiger charge is -2.09. The van der Waals surface area contributed by atoms with Gasteiger partial charge in [0.25, 0.3) is 0 Å². The molecular weight excluding hydrogens is 288 g/mol. The molecule has 104 valence electrons. The van der Waals surface area contributed by atoms with Crippen molar-refractivity contribution in [2.75, 3.05) is 12.9 Å². The van der Waals surface area contributed by atoms with Crippen molar-refractivity contribution < 1.29 is 23.1 Å². The minimum Gasteiger partial charge on any atom is -0.506 e. The van der Waals surface area contributed by atoms with Crippen LogP contribution in [0.25, 0.3) is 5.76 Å². The molecule has 0 unspecified atom stereocenters. The third-order valence-electron chi connectivity index (χ3n) is 2.19. The smallest absolute Gasteiger partial charge is 0.354 e. The van der Waals surface area contributed by atoms with Crippen molar-refractivity contribution in [3.05, 3.63) is 40.8 Å². The van der Waals surface area contributed by atoms with Gasteiger partial charge in [0.1, 0.15) is 5.76 Å². The number of rotatable bonds is 5. The fourth-order valence-electron chi connectivity index (χ4n) is 1.32. The van der Waals surface area contributed by atoms with Crippen LogP contribution in [-0.4, -0.2) is 32.4 Å². The largest absolute Gasteiger partial charge is 0.506 e. The Morgan fingerprint density at radius 1 is 1.32 bits per heavy atom. The van der Waals surface area contributed by atoms with E-state index in [-0.39, 0.29) is 12.2 Å². The molecule has 19 heavy (non-hydrogen) atoms. The highest BCUT2D eigenvalue weighted by Gasteiger charge is 2.30. The number of esters is 1. The third-order valence-corrected chi connectivity index (χ3v) is 5.31. The first-order chi connectivity index (χ1) is 8.94. The zero-order chi connectivity index (χ0) is 14.5. The highest BCUT2D eigenvalue weighted by atomic mass is 33.1. The number of aliphatic hydroxyl groups is 1. The lowest BCUT2D eigenvalue weighted by atomic mass is 10.2. The summed E-state index contributed by atoms with van der Waals surface area (Å²) in [5.74, 6) is -1.66. The number of carbonyl (C=O) groups excluding carboxylic acids is 1. The average Bonchev–Trinajstić information content (AvgIpc) is 2.40. The summed E-state index contributed by atoms with van der Waals surface area (Å²) in [7, 11) is -3.49. The second-order valence-corrected chi connectivity index (χ2v) is 7.35. The molecule has 1 aromatic rings. The van der Waals surface area contributed by atoms with E-state index in [4.69, 9.17) is 0 Å². The molecule has 0 atom stereocenters. The maximum absolute atomic E-state index is 11.9. The van der Waals surface area contributed by atoms with Crippen LogP contribution < -0.4 is 0 Å². The van der Waals surface area contributed by atoms with E-state index < -0.39 is 25.5 Å². The van der Waals surface area contributed by atoms with Gasteiger partial charge in [-0.3, -0.25) is 0 Å². The van der Waals surface area contributed by atoms with Gasteiger partial charge in [0.2, 0.25) is 13.8 Å². The van der Waals surface area contributed by atoms with Crippen LogP contribution in [0.3, 0.4) is 0 Å². The molecule has 0 spiro atoms. The van der Waals surface area contributed by atoms with Crippen LogP contribution in [0.5, 0.6) is 0 Å². The van der Waals surface area contributed by atoms with Gasteiger partial charge in [-0.15, -0.1) is 0 Å². The Balaban J connectivity index is 3.43. The average molecular weight is 302 g/mol. The monoisotopic (exact) mass is 302 g/mol. The molecule has 0 aliphatic carbocycles. The molecule has 0 aliphatic rings. The third kappa shape index (κ3) is 3.74. The van der Waals surface area contributed by atoms with Crippen LogP contribution in [0.1, 0.15) is 12.5 Å². The first kappa shape index (κ1) is 15.6. The second kappa shape index (κ2) is 6.63. The molecule has 0 amide bonds. The maximum atomic E-state index is 11.9. The van der Waals surface area contributed by atoms with E-state index >= 15 is 0 Å². The van der Waals surface area contributed by atoms with Crippen molar-refractivity contribution in [1.29, 1.82) is 0 Å². The van der Waals surface area contributed by atoms with Gasteiger partial charge in [-0.1, -0.05) is 30.3 Å². The van der Waals surface area contributed by atoms with Crippen molar-refractivity contribution in [3.8, 4) is 0 Å². The molecule has 1 aromatic carbocycles. The van der Waals surface area contributed by atoms with Crippen LogP contribution in [0.4, 0.5) is 0 Å². The second-order valence-electron chi connectivity index (χ2n) is 3.39. The normalized spacial score (nSPS) is 12.7. The highest BCUT2D eigenvalue weighted by molar-refractivity contribution is 8.73. The van der Waals surface area contributed by atoms with Crippen molar-refractivity contribution in [3.63, 3.8) is 0 Å². The van der Waals surface area contributed by atoms with Gasteiger partial charge >= 0.3 is 5.97 Å². The topological polar surface area (TPSA) is 80.7 Å². The lowest BCUT2D eigenvalue weighted by molar-refractivity contribution is -0.137. The standard InChI is InChI=1S/C12H14O5S2/c1-3-17-12(14)11(19(15,16)18-2)10(13)9-7-5-4-6-8-9/h4-8,13H,3H2,1-2H3/b11-10+. The SMILES string of the molecule is CCOC(=O)/C(=C(\O)c1ccccc1)S(=O)(=O)SC. The number of carbonyl (C=O) groups is 1. The maximum Gasteiger partial charge on any atom is 0.354 e. The molecule has 1 rings (SSSR count). The Morgan fingerprint density at radius 2 is 1.89 bits per heavy atom. The predicted molar refractivity (Wildman–Crippen MR) is 75.1 cm³/mol. The fraction of sp³-hybridized carbons (Fsp3) is 0.250. The van der Waals surface area contributed by atoms with Gasteiger partial charge < -0.3 is 9.84 Å². The first-order valence-electron chi connectivity index (χ1n) is 5.40. The minimum absolute atomic E-state index is 0.0221. The van der Waals surface area contributed by atoms with E-state index in [0.29, 0.717) is 10.8 Å². The van der Waals surface area contributed by atoms with Crippen LogP contribution in [0.2, 0.25) is 0 Å². The molecular formula is C12H14O5S2. The van der Waals surface area contributed by atoms with Crippen LogP contribution in [0.15, 0.2) is 35.2 Å². The van der Waals surface area contributed by atoms with E-state index in [1.165, 1.54) is 18.4 Å². The Bertz CT molecular complexity index is 575. The van der Waals surface area contributed by atoms with Gasteiger partial charge in [-0.2, -0.15) is 0 Å². The van der Waals surface area contributed by atoms with Crippen LogP contribution in [-0.2, 0) is 18.4 Å². The quantitative estimate of drug-likeness (QED) is 0.388. The van der Waals surface area contributed by atoms with Gasteiger partial charge in [-0.25, -0.2) is 13.2 Å². The molecule has 5 nitrogen and oxygen atoms in total. The number of hydrogen-bond donors (Lipinski definition) is 1. The summed E-state index contributed by atoms with van der Waals surface area (Å²) < 4.78 is 28.4. The fourth-order valence-corrected chi connectivity index (χ4v) is 3.05. The summed E-state index contributed by atoms with van der Waals surface area (Å²) in [6.45, 7) is 1.58. The molecule has 0 radical (unpaired) electrons. The molecule has 7 heteroatoms. The lowest BCUT2D eigenvalue weighted by Crippen LogP contribution is -2.16. The molecule has 0 aliphatic heterocycles. The first-order valence-corrected chi connectivity index (χ1v) is 8.63. The van der Waals surface area contributed by atoms with Crippen molar-refractivity contribution in [2.24, 2.45) is 0 Å². The van der Waals surface area contributed by atoms with Crippen LogP contribution >= 0.6 is 10.8 Å². The van der Waals surface area contributed by atoms with Gasteiger partial charge in [0.05, 0.1) is 6.61 Å². The molecule has 0 saturated heterocycles. The number of aliphatic hydroxyl groups excluding tert-OH is 1. The van der Waals surface area contributed by atoms with E-state index in [0.717, 1.165) is 0 Å². The summed E-state index contributed by atoms with van der Waals surface area (Å²) >= 11 is 0. The molecule has 0 fully saturated rings. The zero-order valence-corrected chi connectivity index (χ0v) is 12.1. The Kier molecular flexibility index (Phi) is 5.44. The number of benzene rings is 1. The Labute approximate surface area is 115 Å². The Hall–Kier alpha value is -1.47. The molecule has 1 N–H and O–H groups in total. The van der Waals surface area contributed by atoms with Crippen molar-refractivity contribution in [2.45, 2.75) is 6.92 Å². The van der Waals surface area contributed by atoms with Crippen molar-refractivity contribution in [1.82, 2.24) is 0 Å². The summed E-state index contributed by atoms with van der Waals surface area (Å²) in [6, 6.07) is 7.97. The summed E-state index contributed by atoms with van der Waals surface area (Å²) in [4.78, 5) is 11.0. The predicted octanol–water partition coefficient (Wildman–Crippen LogP) is 2.17. The zero-order valence-electron chi connectivity index (χ0n) is 10.5. The van der Waals surface area contributed by atoms with E-state index in [1.54, 1.807) is 25.1 Å². The number of hydrogen-bond acceptors (Lipinski definition) is 6. The van der Waals surface area contributed by atoms with E-state index in [1.807, 2.05) is 0 Å². The summed E-state index contributed by atoms with van der Waals surface area (Å²) in [6.07, 6.45) is 1.31. The summed E-state index contributed by atoms with van der Waals surface area (Å²) in [5, 5.41) is 10.0. The Morgan fingerprint density at radius 3 is 2.37 bits per heavy atom. The number of ether oxygens (including phenoxy) is 1. The van der Waals surface area contributed by atoms with Gasteiger partial charge in [-0.05, 0) is 24.0 Å². The minimum atomic E-state index is -3.96. The van der Waals surface area contributed by atoms with Gasteiger partial charge in [0, 0.05) is 5.56 Å². The van der Waals surface area contributed by atoms with Crippen LogP contribution in [0, 0.1) is 0 Å². The van der Waals surface area contributed by atoms with Crippen molar-refractivity contribution >= 4 is 31.4 Å². The molecule has 0 heterocycles. The molecule has 0 bridgehead atoms. The van der Waals surface area contributed by atoms with E-state index in [9.17, 15) is 18.3 Å². The highest BCUT2D eigenvalue weighted by Crippen LogP contribution is 2.27. The van der Waals surface area contributed by atoms with E-state index in [2.05, 4.69) is 4.74 Å².